The highest BCUT2D eigenvalue weighted by molar-refractivity contribution is 5.85. The van der Waals surface area contributed by atoms with Crippen LogP contribution >= 0.6 is 0 Å². The van der Waals surface area contributed by atoms with E-state index in [1.54, 1.807) is 19.2 Å². The molecule has 1 heterocycles. The number of phenols is 1. The van der Waals surface area contributed by atoms with Crippen LogP contribution in [0.5, 0.6) is 23.0 Å². The highest BCUT2D eigenvalue weighted by atomic mass is 16.5. The van der Waals surface area contributed by atoms with E-state index >= 15 is 0 Å². The first kappa shape index (κ1) is 29.1. The average Bonchev–Trinajstić information content (AvgIpc) is 3.01. The molecule has 0 unspecified atom stereocenters. The van der Waals surface area contributed by atoms with Gasteiger partial charge in [-0.3, -0.25) is 0 Å². The first-order valence-corrected chi connectivity index (χ1v) is 14.3. The van der Waals surface area contributed by atoms with E-state index < -0.39 is 6.09 Å². The largest absolute Gasteiger partial charge is 0.508 e. The van der Waals surface area contributed by atoms with Crippen molar-refractivity contribution in [1.82, 2.24) is 4.90 Å². The molecule has 0 bridgehead atoms. The predicted octanol–water partition coefficient (Wildman–Crippen LogP) is 6.70. The second-order valence-corrected chi connectivity index (χ2v) is 10.5. The fraction of sp³-hybridized carbons (Fsp3) is 0.324. The standard InChI is InChI=1S/C34H37NO7/c1-39-33-6-3-2-5-26(33)22-40-17-4-18-41-30-12-9-25(10-13-30)32-15-16-35(34(37)38)21-28(32)23-42-31-14-8-24-7-11-29(36)19-27(24)20-31/h2-3,5-14,19-20,28,32,36H,4,15-18,21-23H2,1H3,(H,37,38)/t28-,32+/m1/s1. The molecule has 0 aromatic heterocycles. The lowest BCUT2D eigenvalue weighted by Gasteiger charge is -2.37. The predicted molar refractivity (Wildman–Crippen MR) is 161 cm³/mol. The Hall–Kier alpha value is -4.43. The number of ether oxygens (including phenoxy) is 4. The summed E-state index contributed by atoms with van der Waals surface area (Å²) in [6.07, 6.45) is 0.573. The third-order valence-electron chi connectivity index (χ3n) is 7.72. The van der Waals surface area contributed by atoms with E-state index in [9.17, 15) is 15.0 Å². The van der Waals surface area contributed by atoms with Crippen LogP contribution in [-0.2, 0) is 11.3 Å². The number of likely N-dealkylation sites (tertiary alicyclic amines) is 1. The molecule has 1 saturated heterocycles. The van der Waals surface area contributed by atoms with Crippen LogP contribution in [-0.4, -0.2) is 61.2 Å². The zero-order valence-corrected chi connectivity index (χ0v) is 23.8. The number of aromatic hydroxyl groups is 1. The lowest BCUT2D eigenvalue weighted by molar-refractivity contribution is 0.0938. The first-order valence-electron chi connectivity index (χ1n) is 14.3. The van der Waals surface area contributed by atoms with Crippen LogP contribution in [0.3, 0.4) is 0 Å². The molecule has 0 spiro atoms. The third kappa shape index (κ3) is 7.44. The maximum atomic E-state index is 11.7. The number of hydrogen-bond acceptors (Lipinski definition) is 6. The summed E-state index contributed by atoms with van der Waals surface area (Å²) in [6, 6.07) is 26.9. The van der Waals surface area contributed by atoms with Crippen molar-refractivity contribution in [3.8, 4) is 23.0 Å². The molecule has 42 heavy (non-hydrogen) atoms. The minimum atomic E-state index is -0.907. The highest BCUT2D eigenvalue weighted by Gasteiger charge is 2.33. The summed E-state index contributed by atoms with van der Waals surface area (Å²) in [5.41, 5.74) is 2.16. The average molecular weight is 572 g/mol. The Balaban J connectivity index is 1.14. The number of fused-ring (bicyclic) bond motifs is 1. The Bertz CT molecular complexity index is 1470. The minimum Gasteiger partial charge on any atom is -0.508 e. The maximum absolute atomic E-state index is 11.7. The van der Waals surface area contributed by atoms with Gasteiger partial charge in [-0.2, -0.15) is 0 Å². The van der Waals surface area contributed by atoms with Gasteiger partial charge in [0.05, 0.1) is 33.5 Å². The molecule has 2 atom stereocenters. The van der Waals surface area contributed by atoms with Crippen molar-refractivity contribution < 1.29 is 34.0 Å². The first-order chi connectivity index (χ1) is 20.5. The summed E-state index contributed by atoms with van der Waals surface area (Å²) < 4.78 is 23.3. The summed E-state index contributed by atoms with van der Waals surface area (Å²) >= 11 is 0. The zero-order chi connectivity index (χ0) is 29.3. The summed E-state index contributed by atoms with van der Waals surface area (Å²) in [5, 5.41) is 21.4. The monoisotopic (exact) mass is 571 g/mol. The Morgan fingerprint density at radius 2 is 1.69 bits per heavy atom. The van der Waals surface area contributed by atoms with Gasteiger partial charge in [-0.25, -0.2) is 4.79 Å². The van der Waals surface area contributed by atoms with Crippen molar-refractivity contribution in [3.05, 3.63) is 96.1 Å². The van der Waals surface area contributed by atoms with Crippen LogP contribution in [0.1, 0.15) is 29.9 Å². The number of carboxylic acid groups (broad SMARTS) is 1. The van der Waals surface area contributed by atoms with Gasteiger partial charge in [0.1, 0.15) is 23.0 Å². The Kier molecular flexibility index (Phi) is 9.66. The van der Waals surface area contributed by atoms with Gasteiger partial charge in [-0.15, -0.1) is 0 Å². The van der Waals surface area contributed by atoms with Crippen LogP contribution in [0, 0.1) is 5.92 Å². The van der Waals surface area contributed by atoms with Crippen LogP contribution in [0.2, 0.25) is 0 Å². The van der Waals surface area contributed by atoms with Crippen molar-refractivity contribution in [2.75, 3.05) is 40.0 Å². The van der Waals surface area contributed by atoms with Gasteiger partial charge in [-0.05, 0) is 71.1 Å². The highest BCUT2D eigenvalue weighted by Crippen LogP contribution is 2.35. The molecule has 1 aliphatic rings. The SMILES string of the molecule is COc1ccccc1COCCCOc1ccc([C@@H]2CCN(C(=O)O)C[C@@H]2COc2ccc3ccc(O)cc3c2)cc1. The second-order valence-electron chi connectivity index (χ2n) is 10.5. The number of carbonyl (C=O) groups is 1. The van der Waals surface area contributed by atoms with Gasteiger partial charge in [0.15, 0.2) is 0 Å². The molecule has 0 aliphatic carbocycles. The molecule has 0 radical (unpaired) electrons. The maximum Gasteiger partial charge on any atom is 0.407 e. The Morgan fingerprint density at radius 1 is 0.905 bits per heavy atom. The van der Waals surface area contributed by atoms with Gasteiger partial charge in [-0.1, -0.05) is 42.5 Å². The van der Waals surface area contributed by atoms with Crippen molar-refractivity contribution in [2.45, 2.75) is 25.4 Å². The zero-order valence-electron chi connectivity index (χ0n) is 23.8. The number of hydrogen-bond donors (Lipinski definition) is 2. The van der Waals surface area contributed by atoms with E-state index in [0.29, 0.717) is 45.3 Å². The van der Waals surface area contributed by atoms with E-state index in [1.165, 1.54) is 4.90 Å². The van der Waals surface area contributed by atoms with Gasteiger partial charge >= 0.3 is 6.09 Å². The molecule has 220 valence electrons. The van der Waals surface area contributed by atoms with Crippen molar-refractivity contribution in [3.63, 3.8) is 0 Å². The number of amides is 1. The second kappa shape index (κ2) is 14.0. The molecule has 4 aromatic rings. The van der Waals surface area contributed by atoms with Gasteiger partial charge < -0.3 is 34.1 Å². The molecule has 5 rings (SSSR count). The van der Waals surface area contributed by atoms with Crippen LogP contribution in [0.4, 0.5) is 4.79 Å². The van der Waals surface area contributed by atoms with Crippen LogP contribution < -0.4 is 14.2 Å². The summed E-state index contributed by atoms with van der Waals surface area (Å²) in [7, 11) is 1.66. The molecular weight excluding hydrogens is 534 g/mol. The molecule has 1 amide bonds. The van der Waals surface area contributed by atoms with Crippen molar-refractivity contribution >= 4 is 16.9 Å². The van der Waals surface area contributed by atoms with E-state index in [-0.39, 0.29) is 17.6 Å². The number of phenolic OH excluding ortho intramolecular Hbond substituents is 1. The Labute approximate surface area is 246 Å². The number of para-hydroxylation sites is 1. The fourth-order valence-corrected chi connectivity index (χ4v) is 5.49. The molecule has 0 saturated carbocycles. The lowest BCUT2D eigenvalue weighted by atomic mass is 9.81. The molecule has 4 aromatic carbocycles. The van der Waals surface area contributed by atoms with Crippen LogP contribution in [0.25, 0.3) is 10.8 Å². The summed E-state index contributed by atoms with van der Waals surface area (Å²) in [4.78, 5) is 13.2. The molecule has 2 N–H and O–H groups in total. The smallest absolute Gasteiger partial charge is 0.407 e. The molecule has 8 nitrogen and oxygen atoms in total. The fourth-order valence-electron chi connectivity index (χ4n) is 5.49. The normalized spacial score (nSPS) is 16.7. The molecule has 1 fully saturated rings. The molecule has 1 aliphatic heterocycles. The van der Waals surface area contributed by atoms with E-state index in [4.69, 9.17) is 18.9 Å². The lowest BCUT2D eigenvalue weighted by Crippen LogP contribution is -2.44. The molecular formula is C34H37NO7. The minimum absolute atomic E-state index is 0.0121. The van der Waals surface area contributed by atoms with E-state index in [0.717, 1.165) is 46.2 Å². The van der Waals surface area contributed by atoms with Gasteiger partial charge in [0, 0.05) is 31.0 Å². The molecule has 8 heteroatoms. The van der Waals surface area contributed by atoms with E-state index in [1.807, 2.05) is 60.7 Å². The Morgan fingerprint density at radius 3 is 2.50 bits per heavy atom. The van der Waals surface area contributed by atoms with Gasteiger partial charge in [0.2, 0.25) is 0 Å². The van der Waals surface area contributed by atoms with Crippen molar-refractivity contribution in [1.29, 1.82) is 0 Å². The van der Waals surface area contributed by atoms with Gasteiger partial charge in [0.25, 0.3) is 0 Å². The quantitative estimate of drug-likeness (QED) is 0.183. The number of nitrogens with zero attached hydrogens (tertiary/aromatic N) is 1. The number of benzene rings is 4. The third-order valence-corrected chi connectivity index (χ3v) is 7.72. The number of methoxy groups -OCH3 is 1. The van der Waals surface area contributed by atoms with E-state index in [2.05, 4.69) is 12.1 Å². The summed E-state index contributed by atoms with van der Waals surface area (Å²) in [5.74, 6) is 2.65. The number of rotatable bonds is 12. The van der Waals surface area contributed by atoms with Crippen molar-refractivity contribution in [2.24, 2.45) is 5.92 Å². The summed E-state index contributed by atoms with van der Waals surface area (Å²) in [6.45, 7) is 2.89. The van der Waals surface area contributed by atoms with Crippen LogP contribution in [0.15, 0.2) is 84.9 Å². The topological polar surface area (TPSA) is 97.7 Å². The number of piperidine rings is 1.